The third-order valence-electron chi connectivity index (χ3n) is 2.25. The van der Waals surface area contributed by atoms with E-state index in [0.29, 0.717) is 30.3 Å². The van der Waals surface area contributed by atoms with Crippen LogP contribution in [0.4, 0.5) is 0 Å². The summed E-state index contributed by atoms with van der Waals surface area (Å²) in [7, 11) is 0. The Labute approximate surface area is 113 Å². The Hall–Kier alpha value is -1.32. The van der Waals surface area contributed by atoms with Gasteiger partial charge in [0.05, 0.1) is 23.8 Å². The molecular formula is C14H18ClNO2. The summed E-state index contributed by atoms with van der Waals surface area (Å²) >= 11 is 6.00. The SMILES string of the molecule is C=C(C)COCCNC(=O)c1ccc(C)cc1Cl. The van der Waals surface area contributed by atoms with Gasteiger partial charge in [-0.1, -0.05) is 29.8 Å². The maximum atomic E-state index is 11.8. The molecule has 0 spiro atoms. The van der Waals surface area contributed by atoms with Crippen LogP contribution < -0.4 is 5.32 Å². The van der Waals surface area contributed by atoms with Crippen LogP contribution in [0.2, 0.25) is 5.02 Å². The highest BCUT2D eigenvalue weighted by Gasteiger charge is 2.09. The van der Waals surface area contributed by atoms with E-state index in [1.54, 1.807) is 12.1 Å². The normalized spacial score (nSPS) is 10.2. The number of aryl methyl sites for hydroxylation is 1. The smallest absolute Gasteiger partial charge is 0.252 e. The molecule has 1 amide bonds. The molecule has 3 nitrogen and oxygen atoms in total. The zero-order valence-electron chi connectivity index (χ0n) is 10.8. The molecule has 0 atom stereocenters. The van der Waals surface area contributed by atoms with Crippen LogP contribution in [0.15, 0.2) is 30.4 Å². The molecule has 1 N–H and O–H groups in total. The lowest BCUT2D eigenvalue weighted by molar-refractivity contribution is 0.0927. The molecule has 0 radical (unpaired) electrons. The van der Waals surface area contributed by atoms with Gasteiger partial charge >= 0.3 is 0 Å². The lowest BCUT2D eigenvalue weighted by Crippen LogP contribution is -2.27. The first-order valence-electron chi connectivity index (χ1n) is 5.77. The summed E-state index contributed by atoms with van der Waals surface area (Å²) in [5.74, 6) is -0.182. The Bertz CT molecular complexity index is 443. The van der Waals surface area contributed by atoms with Gasteiger partial charge < -0.3 is 10.1 Å². The first-order chi connectivity index (χ1) is 8.50. The van der Waals surface area contributed by atoms with E-state index in [1.165, 1.54) is 0 Å². The second kappa shape index (κ2) is 7.19. The highest BCUT2D eigenvalue weighted by atomic mass is 35.5. The molecule has 0 aliphatic heterocycles. The number of carbonyl (C=O) groups is 1. The molecule has 0 aromatic heterocycles. The van der Waals surface area contributed by atoms with Crippen LogP contribution in [0.3, 0.4) is 0 Å². The summed E-state index contributed by atoms with van der Waals surface area (Å²) in [4.78, 5) is 11.8. The summed E-state index contributed by atoms with van der Waals surface area (Å²) in [6.45, 7) is 8.98. The zero-order chi connectivity index (χ0) is 13.5. The Morgan fingerprint density at radius 3 is 2.83 bits per heavy atom. The molecule has 18 heavy (non-hydrogen) atoms. The molecule has 0 saturated heterocycles. The van der Waals surface area contributed by atoms with Gasteiger partial charge in [-0.25, -0.2) is 0 Å². The van der Waals surface area contributed by atoms with Crippen LogP contribution in [0.25, 0.3) is 0 Å². The summed E-state index contributed by atoms with van der Waals surface area (Å²) in [6, 6.07) is 5.36. The lowest BCUT2D eigenvalue weighted by Gasteiger charge is -2.08. The Morgan fingerprint density at radius 1 is 1.50 bits per heavy atom. The number of nitrogens with one attached hydrogen (secondary N) is 1. The monoisotopic (exact) mass is 267 g/mol. The van der Waals surface area contributed by atoms with E-state index < -0.39 is 0 Å². The highest BCUT2D eigenvalue weighted by molar-refractivity contribution is 6.33. The van der Waals surface area contributed by atoms with Crippen molar-refractivity contribution in [3.05, 3.63) is 46.5 Å². The number of hydrogen-bond acceptors (Lipinski definition) is 2. The molecule has 0 fully saturated rings. The minimum absolute atomic E-state index is 0.182. The quantitative estimate of drug-likeness (QED) is 0.636. The van der Waals surface area contributed by atoms with Gasteiger partial charge in [-0.3, -0.25) is 4.79 Å². The molecule has 0 aliphatic carbocycles. The fourth-order valence-corrected chi connectivity index (χ4v) is 1.70. The predicted octanol–water partition coefficient (Wildman–Crippen LogP) is 2.97. The standard InChI is InChI=1S/C14H18ClNO2/c1-10(2)9-18-7-6-16-14(17)12-5-4-11(3)8-13(12)15/h4-5,8H,1,6-7,9H2,2-3H3,(H,16,17). The van der Waals surface area contributed by atoms with E-state index in [4.69, 9.17) is 16.3 Å². The number of rotatable bonds is 6. The third-order valence-corrected chi connectivity index (χ3v) is 2.56. The molecule has 0 bridgehead atoms. The minimum atomic E-state index is -0.182. The van der Waals surface area contributed by atoms with Crippen molar-refractivity contribution >= 4 is 17.5 Å². The number of hydrogen-bond donors (Lipinski definition) is 1. The first-order valence-corrected chi connectivity index (χ1v) is 6.15. The van der Waals surface area contributed by atoms with Gasteiger partial charge in [0.25, 0.3) is 5.91 Å². The molecule has 0 heterocycles. The van der Waals surface area contributed by atoms with Gasteiger partial charge in [0.1, 0.15) is 0 Å². The van der Waals surface area contributed by atoms with E-state index in [-0.39, 0.29) is 5.91 Å². The molecule has 0 unspecified atom stereocenters. The van der Waals surface area contributed by atoms with Crippen molar-refractivity contribution in [1.82, 2.24) is 5.32 Å². The van der Waals surface area contributed by atoms with Gasteiger partial charge in [0.2, 0.25) is 0 Å². The molecule has 98 valence electrons. The van der Waals surface area contributed by atoms with Crippen molar-refractivity contribution < 1.29 is 9.53 Å². The summed E-state index contributed by atoms with van der Waals surface area (Å²) in [5, 5.41) is 3.22. The van der Waals surface area contributed by atoms with Crippen molar-refractivity contribution in [2.75, 3.05) is 19.8 Å². The first kappa shape index (κ1) is 14.7. The van der Waals surface area contributed by atoms with Crippen LogP contribution in [0, 0.1) is 6.92 Å². The molecule has 1 aromatic rings. The molecule has 1 aromatic carbocycles. The topological polar surface area (TPSA) is 38.3 Å². The van der Waals surface area contributed by atoms with Crippen molar-refractivity contribution in [2.24, 2.45) is 0 Å². The van der Waals surface area contributed by atoms with Crippen molar-refractivity contribution in [3.63, 3.8) is 0 Å². The van der Waals surface area contributed by atoms with Gasteiger partial charge in [-0.2, -0.15) is 0 Å². The minimum Gasteiger partial charge on any atom is -0.375 e. The summed E-state index contributed by atoms with van der Waals surface area (Å²) < 4.78 is 5.28. The van der Waals surface area contributed by atoms with Crippen LogP contribution in [-0.2, 0) is 4.74 Å². The summed E-state index contributed by atoms with van der Waals surface area (Å²) in [5.41, 5.74) is 2.48. The van der Waals surface area contributed by atoms with Crippen LogP contribution in [0.5, 0.6) is 0 Å². The number of carbonyl (C=O) groups excluding carboxylic acids is 1. The van der Waals surface area contributed by atoms with E-state index in [1.807, 2.05) is 19.9 Å². The van der Waals surface area contributed by atoms with Crippen LogP contribution in [-0.4, -0.2) is 25.7 Å². The molecule has 0 saturated carbocycles. The molecule has 1 rings (SSSR count). The average Bonchev–Trinajstić information content (AvgIpc) is 2.27. The molecular weight excluding hydrogens is 250 g/mol. The summed E-state index contributed by atoms with van der Waals surface area (Å²) in [6.07, 6.45) is 0. The van der Waals surface area contributed by atoms with Crippen molar-refractivity contribution in [2.45, 2.75) is 13.8 Å². The molecule has 0 aliphatic rings. The maximum Gasteiger partial charge on any atom is 0.252 e. The van der Waals surface area contributed by atoms with Crippen LogP contribution in [0.1, 0.15) is 22.8 Å². The zero-order valence-corrected chi connectivity index (χ0v) is 11.5. The van der Waals surface area contributed by atoms with E-state index in [9.17, 15) is 4.79 Å². The second-order valence-corrected chi connectivity index (χ2v) is 4.66. The van der Waals surface area contributed by atoms with Crippen molar-refractivity contribution in [1.29, 1.82) is 0 Å². The third kappa shape index (κ3) is 4.90. The Morgan fingerprint density at radius 2 is 2.22 bits per heavy atom. The highest BCUT2D eigenvalue weighted by Crippen LogP contribution is 2.17. The van der Waals surface area contributed by atoms with E-state index >= 15 is 0 Å². The van der Waals surface area contributed by atoms with Gasteiger partial charge in [0.15, 0.2) is 0 Å². The van der Waals surface area contributed by atoms with Gasteiger partial charge in [-0.15, -0.1) is 0 Å². The number of halogens is 1. The largest absolute Gasteiger partial charge is 0.375 e. The second-order valence-electron chi connectivity index (χ2n) is 4.25. The van der Waals surface area contributed by atoms with E-state index in [2.05, 4.69) is 11.9 Å². The number of benzene rings is 1. The fourth-order valence-electron chi connectivity index (χ4n) is 1.38. The van der Waals surface area contributed by atoms with Gasteiger partial charge in [0, 0.05) is 6.54 Å². The van der Waals surface area contributed by atoms with Gasteiger partial charge in [-0.05, 0) is 31.5 Å². The van der Waals surface area contributed by atoms with Crippen LogP contribution >= 0.6 is 11.6 Å². The Balaban J connectivity index is 2.39. The maximum absolute atomic E-state index is 11.8. The van der Waals surface area contributed by atoms with Crippen molar-refractivity contribution in [3.8, 4) is 0 Å². The fraction of sp³-hybridized carbons (Fsp3) is 0.357. The Kier molecular flexibility index (Phi) is 5.89. The van der Waals surface area contributed by atoms with E-state index in [0.717, 1.165) is 11.1 Å². The number of ether oxygens (including phenoxy) is 1. The number of amides is 1. The molecule has 4 heteroatoms. The lowest BCUT2D eigenvalue weighted by atomic mass is 10.1. The predicted molar refractivity (Wildman–Crippen MR) is 74.2 cm³/mol. The average molecular weight is 268 g/mol.